The maximum Gasteiger partial charge on any atom is 0.349 e. The van der Waals surface area contributed by atoms with E-state index < -0.39 is 22.7 Å². The lowest BCUT2D eigenvalue weighted by atomic mass is 9.82. The van der Waals surface area contributed by atoms with Gasteiger partial charge in [0.2, 0.25) is 5.43 Å². The fourth-order valence-electron chi connectivity index (χ4n) is 3.15. The summed E-state index contributed by atoms with van der Waals surface area (Å²) in [5.74, 6) is 3.30. The van der Waals surface area contributed by atoms with Crippen LogP contribution >= 0.6 is 15.9 Å². The lowest BCUT2D eigenvalue weighted by Gasteiger charge is -2.21. The zero-order valence-electron chi connectivity index (χ0n) is 16.7. The van der Waals surface area contributed by atoms with Crippen LogP contribution in [-0.2, 0) is 14.5 Å². The number of carbonyl (C=O) groups is 2. The second-order valence-electron chi connectivity index (χ2n) is 6.95. The molecule has 0 saturated carbocycles. The number of nitrogens with zero attached hydrogens (tertiary/aromatic N) is 1. The lowest BCUT2D eigenvalue weighted by molar-refractivity contribution is -0.184. The monoisotopic (exact) mass is 494 g/mol. The van der Waals surface area contributed by atoms with Gasteiger partial charge in [-0.25, -0.2) is 9.47 Å². The minimum atomic E-state index is -0.939. The number of Topliss-reactive ketones (excluding diaryl/α,β-unsaturated/α-hetero) is 1. The van der Waals surface area contributed by atoms with Crippen LogP contribution in [0.25, 0.3) is 10.9 Å². The Labute approximate surface area is 184 Å². The van der Waals surface area contributed by atoms with Crippen LogP contribution in [0.1, 0.15) is 20.3 Å². The Balaban J connectivity index is 0.000000221. The summed E-state index contributed by atoms with van der Waals surface area (Å²) in [6, 6.07) is 5.46. The highest BCUT2D eigenvalue weighted by atomic mass is 79.9. The van der Waals surface area contributed by atoms with Gasteiger partial charge in [-0.3, -0.25) is 19.3 Å². The van der Waals surface area contributed by atoms with Gasteiger partial charge in [0.1, 0.15) is 5.78 Å². The smallest absolute Gasteiger partial charge is 0.349 e. The first kappa shape index (κ1) is 24.0. The zero-order chi connectivity index (χ0) is 23.3. The van der Waals surface area contributed by atoms with Crippen molar-refractivity contribution in [3.05, 3.63) is 73.1 Å². The van der Waals surface area contributed by atoms with E-state index in [0.29, 0.717) is 4.47 Å². The van der Waals surface area contributed by atoms with Crippen molar-refractivity contribution < 1.29 is 24.2 Å². The van der Waals surface area contributed by atoms with E-state index in [4.69, 9.17) is 5.84 Å². The molecule has 31 heavy (non-hydrogen) atoms. The van der Waals surface area contributed by atoms with Crippen LogP contribution in [0.5, 0.6) is 5.75 Å². The molecule has 2 unspecified atom stereocenters. The second-order valence-corrected chi connectivity index (χ2v) is 7.87. The highest BCUT2D eigenvalue weighted by Gasteiger charge is 2.26. The number of aromatic nitrogens is 1. The second kappa shape index (κ2) is 10.2. The number of allylic oxidation sites excluding steroid dienone is 4. The first-order chi connectivity index (χ1) is 14.5. The molecule has 0 aliphatic heterocycles. The quantitative estimate of drug-likeness (QED) is 0.627. The summed E-state index contributed by atoms with van der Waals surface area (Å²) in [5.41, 5.74) is -0.0552. The Morgan fingerprint density at radius 2 is 1.97 bits per heavy atom. The van der Waals surface area contributed by atoms with Crippen molar-refractivity contribution in [3.63, 3.8) is 0 Å². The average Bonchev–Trinajstić information content (AvgIpc) is 2.79. The van der Waals surface area contributed by atoms with Gasteiger partial charge < -0.3 is 10.9 Å². The molecule has 10 heteroatoms. The highest BCUT2D eigenvalue weighted by molar-refractivity contribution is 9.10. The number of carbonyl (C=O) groups excluding carboxylic acids is 2. The number of nitrogens with two attached hydrogens (primary N) is 1. The molecule has 1 aromatic carbocycles. The predicted molar refractivity (Wildman–Crippen MR) is 116 cm³/mol. The van der Waals surface area contributed by atoms with Gasteiger partial charge in [-0.1, -0.05) is 39.7 Å². The number of ketones is 1. The number of hydrogen-bond acceptors (Lipinski definition) is 7. The van der Waals surface area contributed by atoms with Gasteiger partial charge in [0.25, 0.3) is 5.56 Å². The Hall–Kier alpha value is -3.27. The number of benzene rings is 1. The molecule has 0 fully saturated rings. The summed E-state index contributed by atoms with van der Waals surface area (Å²) < 4.78 is 13.1. The third-order valence-corrected chi connectivity index (χ3v) is 5.15. The summed E-state index contributed by atoms with van der Waals surface area (Å²) in [4.78, 5) is 48.3. The Morgan fingerprint density at radius 1 is 1.29 bits per heavy atom. The predicted octanol–water partition coefficient (Wildman–Crippen LogP) is 2.69. The number of rotatable bonds is 3. The van der Waals surface area contributed by atoms with Crippen molar-refractivity contribution in [2.24, 2.45) is 11.8 Å². The number of halogens is 2. The van der Waals surface area contributed by atoms with E-state index in [9.17, 15) is 28.8 Å². The maximum atomic E-state index is 11.7. The normalized spacial score (nSPS) is 17.4. The molecule has 1 heterocycles. The molecule has 3 rings (SSSR count). The minimum Gasteiger partial charge on any atom is -0.504 e. The maximum absolute atomic E-state index is 11.7. The van der Waals surface area contributed by atoms with Crippen LogP contribution in [-0.4, -0.2) is 21.5 Å². The van der Waals surface area contributed by atoms with E-state index in [-0.39, 0.29) is 34.9 Å². The van der Waals surface area contributed by atoms with Crippen LogP contribution in [0.2, 0.25) is 0 Å². The molecule has 1 aliphatic rings. The average molecular weight is 495 g/mol. The van der Waals surface area contributed by atoms with Gasteiger partial charge in [0.05, 0.1) is 23.4 Å². The van der Waals surface area contributed by atoms with Gasteiger partial charge in [0.15, 0.2) is 5.75 Å². The lowest BCUT2D eigenvalue weighted by Crippen LogP contribution is -2.24. The molecule has 0 radical (unpaired) electrons. The van der Waals surface area contributed by atoms with Gasteiger partial charge in [-0.05, 0) is 32.0 Å². The Morgan fingerprint density at radius 3 is 2.58 bits per heavy atom. The van der Waals surface area contributed by atoms with E-state index in [1.165, 1.54) is 19.1 Å². The molecule has 3 N–H and O–H groups in total. The van der Waals surface area contributed by atoms with Gasteiger partial charge in [-0.15, -0.1) is 0 Å². The highest BCUT2D eigenvalue weighted by Crippen LogP contribution is 2.27. The van der Waals surface area contributed by atoms with Gasteiger partial charge in [0, 0.05) is 20.8 Å². The van der Waals surface area contributed by atoms with Crippen molar-refractivity contribution in [3.8, 4) is 5.75 Å². The third-order valence-electron chi connectivity index (χ3n) is 4.66. The molecule has 0 saturated heterocycles. The number of hydrogen-bond donors (Lipinski definition) is 2. The SMILES string of the molecule is CC(=O)C1C=CC(C)=CC1CC(=O)OF.Nn1c(=O)cc(O)c(=O)c2ccc(Br)cc21. The minimum absolute atomic E-state index is 0.0355. The van der Waals surface area contributed by atoms with Crippen molar-refractivity contribution in [1.29, 1.82) is 0 Å². The number of fused-ring (bicyclic) bond motifs is 1. The van der Waals surface area contributed by atoms with Crippen molar-refractivity contribution >= 4 is 38.6 Å². The van der Waals surface area contributed by atoms with E-state index in [1.807, 2.05) is 13.0 Å². The van der Waals surface area contributed by atoms with Crippen LogP contribution in [0.3, 0.4) is 0 Å². The van der Waals surface area contributed by atoms with Crippen molar-refractivity contribution in [2.75, 3.05) is 5.84 Å². The molecule has 0 amide bonds. The topological polar surface area (TPSA) is 129 Å². The van der Waals surface area contributed by atoms with Crippen molar-refractivity contribution in [2.45, 2.75) is 20.3 Å². The molecule has 2 atom stereocenters. The molecule has 0 spiro atoms. The van der Waals surface area contributed by atoms with Crippen LogP contribution in [0.15, 0.2) is 62.1 Å². The summed E-state index contributed by atoms with van der Waals surface area (Å²) >= 11 is 3.21. The molecule has 2 aromatic rings. The van der Waals surface area contributed by atoms with E-state index in [0.717, 1.165) is 16.3 Å². The molecule has 1 aromatic heterocycles. The van der Waals surface area contributed by atoms with Crippen LogP contribution in [0.4, 0.5) is 4.53 Å². The van der Waals surface area contributed by atoms with E-state index >= 15 is 0 Å². The van der Waals surface area contributed by atoms with Crippen molar-refractivity contribution in [1.82, 2.24) is 4.68 Å². The number of aromatic hydroxyl groups is 1. The fraction of sp³-hybridized carbons (Fsp3) is 0.238. The van der Waals surface area contributed by atoms with E-state index in [2.05, 4.69) is 20.9 Å². The third kappa shape index (κ3) is 5.88. The summed E-state index contributed by atoms with van der Waals surface area (Å²) in [6.45, 7) is 3.32. The summed E-state index contributed by atoms with van der Waals surface area (Å²) in [5, 5.41) is 9.54. The molecule has 0 bridgehead atoms. The Kier molecular flexibility index (Phi) is 7.87. The van der Waals surface area contributed by atoms with Crippen LogP contribution < -0.4 is 16.8 Å². The van der Waals surface area contributed by atoms with Gasteiger partial charge in [-0.2, -0.15) is 0 Å². The van der Waals surface area contributed by atoms with Crippen LogP contribution in [0, 0.1) is 11.8 Å². The molecular formula is C21H20BrFN2O6. The van der Waals surface area contributed by atoms with Gasteiger partial charge >= 0.3 is 5.97 Å². The molecule has 1 aliphatic carbocycles. The molecule has 8 nitrogen and oxygen atoms in total. The zero-order valence-corrected chi connectivity index (χ0v) is 18.3. The number of nitrogen functional groups attached to an aromatic ring is 1. The first-order valence-electron chi connectivity index (χ1n) is 9.07. The largest absolute Gasteiger partial charge is 0.504 e. The molecule has 164 valence electrons. The first-order valence-corrected chi connectivity index (χ1v) is 9.86. The Bertz CT molecular complexity index is 1200. The standard InChI is InChI=1S/C11H13FO3.C10H7BrN2O3/c1-7-3-4-10(8(2)13)9(5-7)6-11(14)15-12;11-5-1-2-6-7(3-5)13(12)9(15)4-8(14)10(6)16/h3-5,9-10H,6H2,1-2H3;1-4,14H,12H2. The summed E-state index contributed by atoms with van der Waals surface area (Å²) in [6.07, 6.45) is 5.25. The fourth-order valence-corrected chi connectivity index (χ4v) is 3.50. The summed E-state index contributed by atoms with van der Waals surface area (Å²) in [7, 11) is 0. The molecular weight excluding hydrogens is 475 g/mol. The van der Waals surface area contributed by atoms with E-state index in [1.54, 1.807) is 18.2 Å².